The summed E-state index contributed by atoms with van der Waals surface area (Å²) in [7, 11) is 1.31. The maximum atomic E-state index is 14.0. The van der Waals surface area contributed by atoms with Crippen molar-refractivity contribution in [1.82, 2.24) is 0 Å². The summed E-state index contributed by atoms with van der Waals surface area (Å²) in [5.74, 6) is -2.72. The lowest BCUT2D eigenvalue weighted by atomic mass is 10.1. The molecule has 0 bridgehead atoms. The molecule has 2 rings (SSSR count). The van der Waals surface area contributed by atoms with Crippen molar-refractivity contribution in [1.29, 1.82) is 0 Å². The molecule has 1 unspecified atom stereocenters. The molecule has 0 radical (unpaired) electrons. The molecule has 0 saturated carbocycles. The van der Waals surface area contributed by atoms with Crippen molar-refractivity contribution in [2.45, 2.75) is 6.42 Å². The average Bonchev–Trinajstić information content (AvgIpc) is 2.90. The highest BCUT2D eigenvalue weighted by Gasteiger charge is 2.31. The first-order valence-electron chi connectivity index (χ1n) is 6.06. The van der Waals surface area contributed by atoms with Crippen molar-refractivity contribution in [2.24, 2.45) is 11.7 Å². The second-order valence-corrected chi connectivity index (χ2v) is 5.02. The van der Waals surface area contributed by atoms with E-state index in [1.165, 1.54) is 19.2 Å². The molecule has 0 aromatic heterocycles. The summed E-state index contributed by atoms with van der Waals surface area (Å²) in [6.07, 6.45) is 0.546. The minimum absolute atomic E-state index is 0.105. The third-order valence-corrected chi connectivity index (χ3v) is 3.61. The van der Waals surface area contributed by atoms with Gasteiger partial charge in [-0.25, -0.2) is 8.78 Å². The van der Waals surface area contributed by atoms with Crippen LogP contribution in [0.2, 0.25) is 0 Å². The van der Waals surface area contributed by atoms with E-state index in [2.05, 4.69) is 17.0 Å². The largest absolute Gasteiger partial charge is 0.469 e. The molecule has 4 nitrogen and oxygen atoms in total. The van der Waals surface area contributed by atoms with Crippen LogP contribution in [-0.2, 0) is 9.53 Å². The lowest BCUT2D eigenvalue weighted by Gasteiger charge is -2.20. The van der Waals surface area contributed by atoms with Gasteiger partial charge in [-0.2, -0.15) is 0 Å². The van der Waals surface area contributed by atoms with Gasteiger partial charge in [0, 0.05) is 18.7 Å². The Morgan fingerprint density at radius 3 is 2.75 bits per heavy atom. The second kappa shape index (κ2) is 5.70. The number of nitrogens with two attached hydrogens (primary N) is 1. The Labute approximate surface area is 120 Å². The van der Waals surface area contributed by atoms with E-state index in [1.54, 1.807) is 4.90 Å². The van der Waals surface area contributed by atoms with Crippen LogP contribution in [0.3, 0.4) is 0 Å². The zero-order valence-electron chi connectivity index (χ0n) is 10.9. The van der Waals surface area contributed by atoms with E-state index in [4.69, 9.17) is 5.73 Å². The summed E-state index contributed by atoms with van der Waals surface area (Å²) in [6.45, 7) is 0.762. The predicted octanol–water partition coefficient (Wildman–Crippen LogP) is 1.60. The number of benzene rings is 1. The van der Waals surface area contributed by atoms with Crippen molar-refractivity contribution in [3.63, 3.8) is 0 Å². The number of carbonyl (C=O) groups is 1. The maximum absolute atomic E-state index is 14.0. The third-order valence-electron chi connectivity index (χ3n) is 3.39. The molecule has 0 aliphatic carbocycles. The van der Waals surface area contributed by atoms with Crippen LogP contribution in [0.1, 0.15) is 12.0 Å². The number of thiocarbonyl (C=S) groups is 1. The summed E-state index contributed by atoms with van der Waals surface area (Å²) in [6, 6.07) is 2.77. The fourth-order valence-electron chi connectivity index (χ4n) is 2.31. The Morgan fingerprint density at radius 1 is 1.45 bits per heavy atom. The van der Waals surface area contributed by atoms with Crippen LogP contribution in [0.25, 0.3) is 0 Å². The standard InChI is InChI=1S/C13H14F2N2O2S/c1-19-13(18)7-4-5-17(6-7)9-3-2-8(12(16)20)10(14)11(9)15/h2-3,7H,4-6H2,1H3,(H2,16,20). The second-order valence-electron chi connectivity index (χ2n) is 4.58. The maximum Gasteiger partial charge on any atom is 0.310 e. The molecular formula is C13H14F2N2O2S. The van der Waals surface area contributed by atoms with Gasteiger partial charge in [-0.3, -0.25) is 4.79 Å². The van der Waals surface area contributed by atoms with Gasteiger partial charge in [-0.15, -0.1) is 0 Å². The first kappa shape index (κ1) is 14.6. The Bertz CT molecular complexity index is 566. The molecule has 1 aromatic carbocycles. The molecule has 0 amide bonds. The van der Waals surface area contributed by atoms with Crippen molar-refractivity contribution in [2.75, 3.05) is 25.1 Å². The zero-order chi connectivity index (χ0) is 14.9. The highest BCUT2D eigenvalue weighted by molar-refractivity contribution is 7.80. The predicted molar refractivity (Wildman–Crippen MR) is 74.6 cm³/mol. The number of carbonyl (C=O) groups excluding carboxylic acids is 1. The number of rotatable bonds is 3. The van der Waals surface area contributed by atoms with Crippen LogP contribution in [-0.4, -0.2) is 31.2 Å². The van der Waals surface area contributed by atoms with Gasteiger partial charge in [0.25, 0.3) is 0 Å². The Morgan fingerprint density at radius 2 is 2.15 bits per heavy atom. The summed E-state index contributed by atoms with van der Waals surface area (Å²) in [4.78, 5) is 12.9. The number of hydrogen-bond acceptors (Lipinski definition) is 4. The van der Waals surface area contributed by atoms with Gasteiger partial charge in [-0.1, -0.05) is 12.2 Å². The minimum atomic E-state index is -1.06. The lowest BCUT2D eigenvalue weighted by Crippen LogP contribution is -2.25. The topological polar surface area (TPSA) is 55.6 Å². The van der Waals surface area contributed by atoms with Gasteiger partial charge in [0.1, 0.15) is 4.99 Å². The van der Waals surface area contributed by atoms with Crippen molar-refractivity contribution < 1.29 is 18.3 Å². The molecule has 0 spiro atoms. The van der Waals surface area contributed by atoms with Crippen molar-refractivity contribution in [3.8, 4) is 0 Å². The molecule has 1 saturated heterocycles. The van der Waals surface area contributed by atoms with E-state index in [9.17, 15) is 13.6 Å². The molecule has 7 heteroatoms. The first-order chi connectivity index (χ1) is 9.45. The van der Waals surface area contributed by atoms with Crippen LogP contribution in [0.4, 0.5) is 14.5 Å². The first-order valence-corrected chi connectivity index (χ1v) is 6.47. The van der Waals surface area contributed by atoms with Crippen LogP contribution in [0.15, 0.2) is 12.1 Å². The molecular weight excluding hydrogens is 286 g/mol. The number of methoxy groups -OCH3 is 1. The van der Waals surface area contributed by atoms with Crippen molar-refractivity contribution >= 4 is 28.9 Å². The van der Waals surface area contributed by atoms with Gasteiger partial charge in [0.05, 0.1) is 18.7 Å². The normalized spacial score (nSPS) is 18.1. The van der Waals surface area contributed by atoms with Gasteiger partial charge in [0.15, 0.2) is 11.6 Å². The lowest BCUT2D eigenvalue weighted by molar-refractivity contribution is -0.144. The van der Waals surface area contributed by atoms with Gasteiger partial charge in [0.2, 0.25) is 0 Å². The Hall–Kier alpha value is -1.76. The van der Waals surface area contributed by atoms with Gasteiger partial charge in [-0.05, 0) is 18.6 Å². The fourth-order valence-corrected chi connectivity index (χ4v) is 2.47. The SMILES string of the molecule is COC(=O)C1CCN(c2ccc(C(N)=S)c(F)c2F)C1. The molecule has 1 atom stereocenters. The molecule has 1 aromatic rings. The number of esters is 1. The monoisotopic (exact) mass is 300 g/mol. The molecule has 20 heavy (non-hydrogen) atoms. The summed E-state index contributed by atoms with van der Waals surface area (Å²) < 4.78 is 32.5. The van der Waals surface area contributed by atoms with E-state index in [1.807, 2.05) is 0 Å². The number of ether oxygens (including phenoxy) is 1. The Balaban J connectivity index is 2.25. The Kier molecular flexibility index (Phi) is 4.17. The van der Waals surface area contributed by atoms with Crippen LogP contribution in [0.5, 0.6) is 0 Å². The fraction of sp³-hybridized carbons (Fsp3) is 0.385. The zero-order valence-corrected chi connectivity index (χ0v) is 11.7. The van der Waals surface area contributed by atoms with E-state index in [0.717, 1.165) is 0 Å². The quantitative estimate of drug-likeness (QED) is 0.679. The molecule has 2 N–H and O–H groups in total. The summed E-state index contributed by atoms with van der Waals surface area (Å²) >= 11 is 4.65. The van der Waals surface area contributed by atoms with E-state index < -0.39 is 11.6 Å². The molecule has 1 aliphatic rings. The average molecular weight is 300 g/mol. The third kappa shape index (κ3) is 2.58. The molecule has 1 fully saturated rings. The number of hydrogen-bond donors (Lipinski definition) is 1. The van der Waals surface area contributed by atoms with Crippen LogP contribution < -0.4 is 10.6 Å². The van der Waals surface area contributed by atoms with Gasteiger partial charge < -0.3 is 15.4 Å². The van der Waals surface area contributed by atoms with E-state index in [-0.39, 0.29) is 28.1 Å². The highest BCUT2D eigenvalue weighted by Crippen LogP contribution is 2.29. The number of nitrogens with zero attached hydrogens (tertiary/aromatic N) is 1. The molecule has 1 heterocycles. The minimum Gasteiger partial charge on any atom is -0.469 e. The number of anilines is 1. The van der Waals surface area contributed by atoms with E-state index in [0.29, 0.717) is 19.5 Å². The summed E-state index contributed by atoms with van der Waals surface area (Å²) in [5.41, 5.74) is 5.30. The molecule has 108 valence electrons. The number of halogens is 2. The van der Waals surface area contributed by atoms with E-state index >= 15 is 0 Å². The molecule has 1 aliphatic heterocycles. The van der Waals surface area contributed by atoms with Crippen molar-refractivity contribution in [3.05, 3.63) is 29.3 Å². The van der Waals surface area contributed by atoms with Gasteiger partial charge >= 0.3 is 5.97 Å². The summed E-state index contributed by atoms with van der Waals surface area (Å²) in [5, 5.41) is 0. The van der Waals surface area contributed by atoms with Crippen LogP contribution in [0, 0.1) is 17.6 Å². The highest BCUT2D eigenvalue weighted by atomic mass is 32.1. The van der Waals surface area contributed by atoms with Crippen LogP contribution >= 0.6 is 12.2 Å². The smallest absolute Gasteiger partial charge is 0.310 e.